The van der Waals surface area contributed by atoms with Crippen LogP contribution in [0.3, 0.4) is 0 Å². The number of anilines is 1. The number of nitrogens with zero attached hydrogens (tertiary/aromatic N) is 2. The van der Waals surface area contributed by atoms with Crippen LogP contribution in [0.5, 0.6) is 0 Å². The van der Waals surface area contributed by atoms with Crippen LogP contribution < -0.4 is 10.2 Å². The van der Waals surface area contributed by atoms with Crippen LogP contribution in [0, 0.1) is 0 Å². The summed E-state index contributed by atoms with van der Waals surface area (Å²) in [6, 6.07) is 17.7. The lowest BCUT2D eigenvalue weighted by Crippen LogP contribution is -2.40. The molecule has 1 saturated heterocycles. The normalized spacial score (nSPS) is 16.3. The molecule has 0 aliphatic carbocycles. The van der Waals surface area contributed by atoms with Crippen LogP contribution in [0.25, 0.3) is 11.1 Å². The van der Waals surface area contributed by atoms with Gasteiger partial charge in [-0.1, -0.05) is 42.5 Å². The average Bonchev–Trinajstić information content (AvgIpc) is 3.39. The molecule has 3 aromatic rings. The van der Waals surface area contributed by atoms with E-state index in [1.165, 1.54) is 0 Å². The third-order valence-electron chi connectivity index (χ3n) is 5.34. The molecule has 2 heterocycles. The Balaban J connectivity index is 1.24. The van der Waals surface area contributed by atoms with Gasteiger partial charge in [0.05, 0.1) is 6.04 Å². The minimum absolute atomic E-state index is 0.0183. The first kappa shape index (κ1) is 19.2. The minimum atomic E-state index is -0.0183. The van der Waals surface area contributed by atoms with Crippen LogP contribution in [0.1, 0.15) is 42.5 Å². The molecule has 1 amide bonds. The van der Waals surface area contributed by atoms with Gasteiger partial charge >= 0.3 is 0 Å². The number of para-hydroxylation sites is 2. The Kier molecular flexibility index (Phi) is 5.89. The van der Waals surface area contributed by atoms with Crippen molar-refractivity contribution in [2.24, 2.45) is 0 Å². The van der Waals surface area contributed by atoms with Crippen molar-refractivity contribution in [2.75, 3.05) is 18.0 Å². The van der Waals surface area contributed by atoms with Crippen LogP contribution in [-0.4, -0.2) is 35.8 Å². The molecule has 1 unspecified atom stereocenters. The number of hydrogen-bond donors (Lipinski definition) is 1. The van der Waals surface area contributed by atoms with Crippen molar-refractivity contribution in [3.63, 3.8) is 0 Å². The van der Waals surface area contributed by atoms with Gasteiger partial charge in [-0.05, 0) is 31.4 Å². The molecule has 0 bridgehead atoms. The van der Waals surface area contributed by atoms with Crippen LogP contribution in [0.15, 0.2) is 59.0 Å². The van der Waals surface area contributed by atoms with Gasteiger partial charge in [0.1, 0.15) is 5.52 Å². The fourth-order valence-electron chi connectivity index (χ4n) is 3.78. The molecule has 29 heavy (non-hydrogen) atoms. The molecule has 1 fully saturated rings. The van der Waals surface area contributed by atoms with Gasteiger partial charge in [0, 0.05) is 31.5 Å². The Bertz CT molecular complexity index is 950. The molecule has 6 heteroatoms. The number of aromatic nitrogens is 1. The first-order valence-electron chi connectivity index (χ1n) is 10.2. The fourth-order valence-corrected chi connectivity index (χ4v) is 3.78. The molecule has 0 saturated carbocycles. The molecule has 1 atom stereocenters. The largest absolute Gasteiger partial charge is 0.423 e. The Hall–Kier alpha value is -3.15. The van der Waals surface area contributed by atoms with Gasteiger partial charge in [-0.2, -0.15) is 4.98 Å². The monoisotopic (exact) mass is 391 g/mol. The number of oxazole rings is 1. The lowest BCUT2D eigenvalue weighted by Gasteiger charge is -2.23. The summed E-state index contributed by atoms with van der Waals surface area (Å²) in [5, 5.41) is 3.01. The van der Waals surface area contributed by atoms with Crippen LogP contribution >= 0.6 is 0 Å². The highest BCUT2D eigenvalue weighted by Crippen LogP contribution is 2.28. The standard InChI is InChI=1S/C23H25N3O3/c27-20(17-8-2-1-3-9-17)12-6-14-22(28)24-16-18-10-7-15-26(18)23-25-19-11-4-5-13-21(19)29-23/h1-5,8-9,11,13,18H,6-7,10,12,14-16H2,(H,24,28). The quantitative estimate of drug-likeness (QED) is 0.588. The highest BCUT2D eigenvalue weighted by atomic mass is 16.4. The van der Waals surface area contributed by atoms with Gasteiger partial charge in [0.2, 0.25) is 5.91 Å². The van der Waals surface area contributed by atoms with Crippen molar-refractivity contribution < 1.29 is 14.0 Å². The summed E-state index contributed by atoms with van der Waals surface area (Å²) in [5.74, 6) is 0.0617. The summed E-state index contributed by atoms with van der Waals surface area (Å²) in [5.41, 5.74) is 2.33. The highest BCUT2D eigenvalue weighted by Gasteiger charge is 2.28. The first-order chi connectivity index (χ1) is 14.2. The number of carbonyl (C=O) groups is 2. The number of fused-ring (bicyclic) bond motifs is 1. The Morgan fingerprint density at radius 3 is 2.69 bits per heavy atom. The molecular weight excluding hydrogens is 366 g/mol. The van der Waals surface area contributed by atoms with E-state index < -0.39 is 0 Å². The number of rotatable bonds is 8. The zero-order chi connectivity index (χ0) is 20.1. The molecule has 1 aliphatic rings. The molecule has 6 nitrogen and oxygen atoms in total. The van der Waals surface area contributed by atoms with Crippen molar-refractivity contribution in [3.05, 3.63) is 60.2 Å². The molecule has 0 spiro atoms. The van der Waals surface area contributed by atoms with Gasteiger partial charge < -0.3 is 14.6 Å². The molecule has 1 N–H and O–H groups in total. The van der Waals surface area contributed by atoms with Crippen molar-refractivity contribution >= 4 is 28.8 Å². The smallest absolute Gasteiger partial charge is 0.298 e. The third-order valence-corrected chi connectivity index (χ3v) is 5.34. The SMILES string of the molecule is O=C(CCCC(=O)c1ccccc1)NCC1CCCN1c1nc2ccccc2o1. The summed E-state index contributed by atoms with van der Waals surface area (Å²) in [6.45, 7) is 1.43. The van der Waals surface area contributed by atoms with E-state index in [1.807, 2.05) is 54.6 Å². The number of nitrogens with one attached hydrogen (secondary N) is 1. The summed E-state index contributed by atoms with van der Waals surface area (Å²) in [4.78, 5) is 31.1. The molecule has 150 valence electrons. The maximum atomic E-state index is 12.2. The molecule has 0 radical (unpaired) electrons. The number of hydrogen-bond acceptors (Lipinski definition) is 5. The zero-order valence-electron chi connectivity index (χ0n) is 16.3. The molecule has 4 rings (SSSR count). The van der Waals surface area contributed by atoms with Crippen LogP contribution in [0.4, 0.5) is 6.01 Å². The van der Waals surface area contributed by atoms with Crippen molar-refractivity contribution in [1.82, 2.24) is 10.3 Å². The molecule has 1 aromatic heterocycles. The van der Waals surface area contributed by atoms with E-state index in [1.54, 1.807) is 0 Å². The zero-order valence-corrected chi connectivity index (χ0v) is 16.3. The number of Topliss-reactive ketones (excluding diaryl/α,β-unsaturated/α-hetero) is 1. The number of benzene rings is 2. The van der Waals surface area contributed by atoms with Gasteiger partial charge in [0.25, 0.3) is 6.01 Å². The third kappa shape index (κ3) is 4.65. The summed E-state index contributed by atoms with van der Waals surface area (Å²) < 4.78 is 5.89. The second-order valence-electron chi connectivity index (χ2n) is 7.40. The molecular formula is C23H25N3O3. The van der Waals surface area contributed by atoms with E-state index in [2.05, 4.69) is 15.2 Å². The van der Waals surface area contributed by atoms with E-state index in [4.69, 9.17) is 4.42 Å². The Morgan fingerprint density at radius 1 is 1.07 bits per heavy atom. The number of amides is 1. The van der Waals surface area contributed by atoms with Gasteiger partial charge in [-0.15, -0.1) is 0 Å². The predicted molar refractivity (Wildman–Crippen MR) is 112 cm³/mol. The van der Waals surface area contributed by atoms with E-state index >= 15 is 0 Å². The second-order valence-corrected chi connectivity index (χ2v) is 7.40. The van der Waals surface area contributed by atoms with Crippen LogP contribution in [0.2, 0.25) is 0 Å². The Morgan fingerprint density at radius 2 is 1.86 bits per heavy atom. The summed E-state index contributed by atoms with van der Waals surface area (Å²) in [6.07, 6.45) is 3.33. The molecule has 1 aliphatic heterocycles. The van der Waals surface area contributed by atoms with Crippen molar-refractivity contribution in [2.45, 2.75) is 38.1 Å². The maximum absolute atomic E-state index is 12.2. The maximum Gasteiger partial charge on any atom is 0.298 e. The fraction of sp³-hybridized carbons (Fsp3) is 0.348. The second kappa shape index (κ2) is 8.90. The number of ketones is 1. The van der Waals surface area contributed by atoms with Crippen molar-refractivity contribution in [1.29, 1.82) is 0 Å². The summed E-state index contributed by atoms with van der Waals surface area (Å²) >= 11 is 0. The van der Waals surface area contributed by atoms with Crippen molar-refractivity contribution in [3.8, 4) is 0 Å². The topological polar surface area (TPSA) is 75.4 Å². The van der Waals surface area contributed by atoms with E-state index in [0.717, 1.165) is 30.5 Å². The Labute approximate surface area is 169 Å². The highest BCUT2D eigenvalue weighted by molar-refractivity contribution is 5.96. The average molecular weight is 391 g/mol. The molecule has 2 aromatic carbocycles. The van der Waals surface area contributed by atoms with Gasteiger partial charge in [-0.3, -0.25) is 9.59 Å². The number of carbonyl (C=O) groups excluding carboxylic acids is 2. The lowest BCUT2D eigenvalue weighted by atomic mass is 10.1. The van der Waals surface area contributed by atoms with E-state index in [0.29, 0.717) is 37.4 Å². The predicted octanol–water partition coefficient (Wildman–Crippen LogP) is 3.97. The minimum Gasteiger partial charge on any atom is -0.423 e. The summed E-state index contributed by atoms with van der Waals surface area (Å²) in [7, 11) is 0. The van der Waals surface area contributed by atoms with E-state index in [9.17, 15) is 9.59 Å². The van der Waals surface area contributed by atoms with E-state index in [-0.39, 0.29) is 17.7 Å². The lowest BCUT2D eigenvalue weighted by molar-refractivity contribution is -0.121. The first-order valence-corrected chi connectivity index (χ1v) is 10.2. The van der Waals surface area contributed by atoms with Crippen LogP contribution in [-0.2, 0) is 4.79 Å². The van der Waals surface area contributed by atoms with Gasteiger partial charge in [-0.25, -0.2) is 0 Å². The van der Waals surface area contributed by atoms with Gasteiger partial charge in [0.15, 0.2) is 11.4 Å².